The molecule has 4 heteroatoms. The summed E-state index contributed by atoms with van der Waals surface area (Å²) in [6.07, 6.45) is 2.04. The smallest absolute Gasteiger partial charge is 0.287 e. The molecule has 24 heavy (non-hydrogen) atoms. The Kier molecular flexibility index (Phi) is 3.58. The summed E-state index contributed by atoms with van der Waals surface area (Å²) in [4.78, 5) is 12.4. The summed E-state index contributed by atoms with van der Waals surface area (Å²) < 4.78 is 7.84. The van der Waals surface area contributed by atoms with Gasteiger partial charge in [-0.05, 0) is 30.5 Å². The monoisotopic (exact) mass is 318 g/mol. The number of nitrogens with zero attached hydrogens (tertiary/aromatic N) is 1. The molecule has 4 aromatic rings. The van der Waals surface area contributed by atoms with Gasteiger partial charge in [0.25, 0.3) is 5.91 Å². The van der Waals surface area contributed by atoms with Gasteiger partial charge in [0.2, 0.25) is 0 Å². The second-order valence-corrected chi connectivity index (χ2v) is 5.88. The van der Waals surface area contributed by atoms with Crippen LogP contribution in [-0.2, 0) is 6.54 Å². The van der Waals surface area contributed by atoms with E-state index in [9.17, 15) is 4.79 Å². The van der Waals surface area contributed by atoms with Crippen molar-refractivity contribution in [3.63, 3.8) is 0 Å². The number of benzene rings is 2. The molecule has 1 N–H and O–H groups in total. The predicted molar refractivity (Wildman–Crippen MR) is 95.2 cm³/mol. The first-order valence-electron chi connectivity index (χ1n) is 8.04. The van der Waals surface area contributed by atoms with Gasteiger partial charge in [0, 0.05) is 35.8 Å². The van der Waals surface area contributed by atoms with Crippen LogP contribution in [0.2, 0.25) is 0 Å². The summed E-state index contributed by atoms with van der Waals surface area (Å²) in [6.45, 7) is 3.19. The van der Waals surface area contributed by atoms with Crippen LogP contribution in [0.3, 0.4) is 0 Å². The van der Waals surface area contributed by atoms with Crippen molar-refractivity contribution in [2.75, 3.05) is 6.54 Å². The minimum absolute atomic E-state index is 0.167. The summed E-state index contributed by atoms with van der Waals surface area (Å²) in [5.41, 5.74) is 2.80. The van der Waals surface area contributed by atoms with Crippen LogP contribution in [0.5, 0.6) is 0 Å². The number of aromatic nitrogens is 1. The van der Waals surface area contributed by atoms with Gasteiger partial charge in [-0.2, -0.15) is 0 Å². The van der Waals surface area contributed by atoms with Gasteiger partial charge in [0.1, 0.15) is 5.58 Å². The molecule has 0 saturated heterocycles. The highest BCUT2D eigenvalue weighted by atomic mass is 16.3. The van der Waals surface area contributed by atoms with Gasteiger partial charge in [-0.15, -0.1) is 0 Å². The standard InChI is InChI=1S/C20H18N2O2/c1-14-16-7-3-5-9-18(16)24-19(14)20(23)21-11-13-22-12-10-15-6-2-4-8-17(15)22/h2-10,12H,11,13H2,1H3,(H,21,23). The molecule has 0 aliphatic carbocycles. The molecule has 0 aliphatic heterocycles. The summed E-state index contributed by atoms with van der Waals surface area (Å²) in [5, 5.41) is 5.14. The molecule has 4 nitrogen and oxygen atoms in total. The molecule has 0 aliphatic rings. The van der Waals surface area contributed by atoms with Gasteiger partial charge in [-0.1, -0.05) is 36.4 Å². The lowest BCUT2D eigenvalue weighted by molar-refractivity contribution is 0.0926. The Bertz CT molecular complexity index is 1030. The van der Waals surface area contributed by atoms with Crippen LogP contribution in [0.15, 0.2) is 65.2 Å². The Labute approximate surface area is 139 Å². The lowest BCUT2D eigenvalue weighted by atomic mass is 10.1. The Morgan fingerprint density at radius 2 is 1.88 bits per heavy atom. The van der Waals surface area contributed by atoms with E-state index < -0.39 is 0 Å². The highest BCUT2D eigenvalue weighted by Crippen LogP contribution is 2.24. The number of para-hydroxylation sites is 2. The third-order valence-corrected chi connectivity index (χ3v) is 4.37. The fraction of sp³-hybridized carbons (Fsp3) is 0.150. The molecule has 1 amide bonds. The second-order valence-electron chi connectivity index (χ2n) is 5.88. The predicted octanol–water partition coefficient (Wildman–Crippen LogP) is 4.13. The molecule has 120 valence electrons. The minimum atomic E-state index is -0.167. The second kappa shape index (κ2) is 5.89. The van der Waals surface area contributed by atoms with Crippen molar-refractivity contribution < 1.29 is 9.21 Å². The zero-order chi connectivity index (χ0) is 16.5. The molecule has 4 rings (SSSR count). The SMILES string of the molecule is Cc1c(C(=O)NCCn2ccc3ccccc32)oc2ccccc12. The van der Waals surface area contributed by atoms with Gasteiger partial charge < -0.3 is 14.3 Å². The molecule has 0 atom stereocenters. The maximum absolute atomic E-state index is 12.4. The number of furan rings is 1. The van der Waals surface area contributed by atoms with Crippen LogP contribution in [0.4, 0.5) is 0 Å². The highest BCUT2D eigenvalue weighted by molar-refractivity contribution is 5.98. The van der Waals surface area contributed by atoms with Crippen molar-refractivity contribution in [1.29, 1.82) is 0 Å². The van der Waals surface area contributed by atoms with E-state index in [4.69, 9.17) is 4.42 Å². The van der Waals surface area contributed by atoms with E-state index in [1.54, 1.807) is 0 Å². The normalized spacial score (nSPS) is 11.2. The topological polar surface area (TPSA) is 47.2 Å². The molecular weight excluding hydrogens is 300 g/mol. The molecule has 0 bridgehead atoms. The molecular formula is C20H18N2O2. The molecule has 0 unspecified atom stereocenters. The minimum Gasteiger partial charge on any atom is -0.451 e. The first kappa shape index (κ1) is 14.6. The van der Waals surface area contributed by atoms with Gasteiger partial charge in [0.15, 0.2) is 5.76 Å². The summed E-state index contributed by atoms with van der Waals surface area (Å²) in [6, 6.07) is 18.0. The Morgan fingerprint density at radius 1 is 1.08 bits per heavy atom. The van der Waals surface area contributed by atoms with Crippen LogP contribution in [-0.4, -0.2) is 17.0 Å². The van der Waals surface area contributed by atoms with Crippen LogP contribution >= 0.6 is 0 Å². The lowest BCUT2D eigenvalue weighted by Gasteiger charge is -2.07. The molecule has 0 spiro atoms. The lowest BCUT2D eigenvalue weighted by Crippen LogP contribution is -2.27. The number of hydrogen-bond donors (Lipinski definition) is 1. The summed E-state index contributed by atoms with van der Waals surface area (Å²) in [7, 11) is 0. The maximum Gasteiger partial charge on any atom is 0.287 e. The number of carbonyl (C=O) groups excluding carboxylic acids is 1. The largest absolute Gasteiger partial charge is 0.451 e. The maximum atomic E-state index is 12.4. The number of amides is 1. The number of fused-ring (bicyclic) bond motifs is 2. The van der Waals surface area contributed by atoms with Crippen LogP contribution in [0, 0.1) is 6.92 Å². The molecule has 2 aromatic carbocycles. The van der Waals surface area contributed by atoms with Crippen molar-refractivity contribution in [2.45, 2.75) is 13.5 Å². The Balaban J connectivity index is 1.47. The first-order valence-corrected chi connectivity index (χ1v) is 8.04. The quantitative estimate of drug-likeness (QED) is 0.615. The number of hydrogen-bond acceptors (Lipinski definition) is 2. The van der Waals surface area contributed by atoms with E-state index in [2.05, 4.69) is 28.1 Å². The zero-order valence-corrected chi connectivity index (χ0v) is 13.5. The average molecular weight is 318 g/mol. The van der Waals surface area contributed by atoms with Crippen molar-refractivity contribution in [3.05, 3.63) is 72.1 Å². The van der Waals surface area contributed by atoms with Gasteiger partial charge >= 0.3 is 0 Å². The molecule has 0 fully saturated rings. The highest BCUT2D eigenvalue weighted by Gasteiger charge is 2.16. The molecule has 0 radical (unpaired) electrons. The van der Waals surface area contributed by atoms with Crippen LogP contribution < -0.4 is 5.32 Å². The van der Waals surface area contributed by atoms with E-state index in [1.165, 1.54) is 10.9 Å². The van der Waals surface area contributed by atoms with E-state index in [0.717, 1.165) is 23.1 Å². The number of nitrogens with one attached hydrogen (secondary N) is 1. The van der Waals surface area contributed by atoms with Crippen LogP contribution in [0.1, 0.15) is 16.1 Å². The van der Waals surface area contributed by atoms with Crippen molar-refractivity contribution in [3.8, 4) is 0 Å². The van der Waals surface area contributed by atoms with Crippen molar-refractivity contribution >= 4 is 27.8 Å². The molecule has 2 aromatic heterocycles. The van der Waals surface area contributed by atoms with E-state index in [1.807, 2.05) is 49.5 Å². The molecule has 2 heterocycles. The Morgan fingerprint density at radius 3 is 2.75 bits per heavy atom. The third-order valence-electron chi connectivity index (χ3n) is 4.37. The van der Waals surface area contributed by atoms with Crippen LogP contribution in [0.25, 0.3) is 21.9 Å². The van der Waals surface area contributed by atoms with Crippen molar-refractivity contribution in [2.24, 2.45) is 0 Å². The third kappa shape index (κ3) is 2.46. The van der Waals surface area contributed by atoms with E-state index >= 15 is 0 Å². The van der Waals surface area contributed by atoms with E-state index in [-0.39, 0.29) is 5.91 Å². The fourth-order valence-electron chi connectivity index (χ4n) is 3.10. The fourth-order valence-corrected chi connectivity index (χ4v) is 3.10. The van der Waals surface area contributed by atoms with E-state index in [0.29, 0.717) is 12.3 Å². The number of aryl methyl sites for hydroxylation is 1. The van der Waals surface area contributed by atoms with Gasteiger partial charge in [0.05, 0.1) is 0 Å². The summed E-state index contributed by atoms with van der Waals surface area (Å²) in [5.74, 6) is 0.230. The Hall–Kier alpha value is -3.01. The average Bonchev–Trinajstić information content (AvgIpc) is 3.17. The number of carbonyl (C=O) groups is 1. The summed E-state index contributed by atoms with van der Waals surface area (Å²) >= 11 is 0. The van der Waals surface area contributed by atoms with Gasteiger partial charge in [-0.25, -0.2) is 0 Å². The molecule has 0 saturated carbocycles. The zero-order valence-electron chi connectivity index (χ0n) is 13.5. The number of rotatable bonds is 4. The first-order chi connectivity index (χ1) is 11.7. The van der Waals surface area contributed by atoms with Gasteiger partial charge in [-0.3, -0.25) is 4.79 Å². The van der Waals surface area contributed by atoms with Crippen molar-refractivity contribution in [1.82, 2.24) is 9.88 Å².